The van der Waals surface area contributed by atoms with Gasteiger partial charge in [0.25, 0.3) is 0 Å². The number of hydrogen-bond donors (Lipinski definition) is 0. The van der Waals surface area contributed by atoms with Crippen LogP contribution in [0.4, 0.5) is 0 Å². The van der Waals surface area contributed by atoms with E-state index in [-0.39, 0.29) is 32.2 Å². The minimum absolute atomic E-state index is 0.148. The molecule has 0 radical (unpaired) electrons. The van der Waals surface area contributed by atoms with Gasteiger partial charge in [0.1, 0.15) is 13.2 Å². The van der Waals surface area contributed by atoms with Crippen LogP contribution in [0.3, 0.4) is 0 Å². The average Bonchev–Trinajstić information content (AvgIpc) is 3.31. The summed E-state index contributed by atoms with van der Waals surface area (Å²) in [6.07, 6.45) is 62.6. The van der Waals surface area contributed by atoms with E-state index in [9.17, 15) is 19.5 Å². The number of nitrogens with zero attached hydrogens (tertiary/aromatic N) is 1. The lowest BCUT2D eigenvalue weighted by Gasteiger charge is -2.26. The quantitative estimate of drug-likeness (QED) is 0.0195. The number of quaternary nitrogens is 1. The molecular weight excluding hydrogens is 863 g/mol. The molecule has 2 unspecified atom stereocenters. The first-order valence-corrected chi connectivity index (χ1v) is 28.1. The van der Waals surface area contributed by atoms with E-state index in [1.807, 2.05) is 21.1 Å². The minimum Gasteiger partial charge on any atom is -0.545 e. The maximum Gasteiger partial charge on any atom is 0.306 e. The number of allylic oxidation sites excluding steroid dienone is 12. The molecule has 0 spiro atoms. The van der Waals surface area contributed by atoms with Crippen LogP contribution in [0.5, 0.6) is 0 Å². The molecule has 0 N–H and O–H groups in total. The Labute approximate surface area is 424 Å². The fourth-order valence-electron chi connectivity index (χ4n) is 7.66. The normalized spacial score (nSPS) is 13.3. The molecule has 0 bridgehead atoms. The molecule has 0 aromatic carbocycles. The Morgan fingerprint density at radius 1 is 0.449 bits per heavy atom. The number of carbonyl (C=O) groups excluding carboxylic acids is 3. The zero-order valence-electron chi connectivity index (χ0n) is 45.2. The predicted octanol–water partition coefficient (Wildman–Crippen LogP) is 14.9. The lowest BCUT2D eigenvalue weighted by Crippen LogP contribution is -2.44. The van der Waals surface area contributed by atoms with Crippen LogP contribution in [0.1, 0.15) is 232 Å². The van der Waals surface area contributed by atoms with Crippen LogP contribution in [0, 0.1) is 0 Å². The van der Waals surface area contributed by atoms with Gasteiger partial charge in [-0.15, -0.1) is 0 Å². The van der Waals surface area contributed by atoms with Gasteiger partial charge in [0.2, 0.25) is 0 Å². The number of carboxylic acid groups (broad SMARTS) is 1. The number of likely N-dealkylation sites (N-methyl/N-ethyl adjacent to an activating group) is 1. The van der Waals surface area contributed by atoms with Crippen LogP contribution in [0.25, 0.3) is 0 Å². The number of carboxylic acids is 1. The van der Waals surface area contributed by atoms with Crippen molar-refractivity contribution in [1.29, 1.82) is 0 Å². The molecule has 0 amide bonds. The third kappa shape index (κ3) is 52.4. The van der Waals surface area contributed by atoms with Gasteiger partial charge in [0, 0.05) is 12.8 Å². The van der Waals surface area contributed by atoms with Crippen LogP contribution in [0.2, 0.25) is 0 Å². The second-order valence-corrected chi connectivity index (χ2v) is 19.9. The van der Waals surface area contributed by atoms with Crippen molar-refractivity contribution < 1.29 is 42.9 Å². The Morgan fingerprint density at radius 3 is 1.23 bits per heavy atom. The highest BCUT2D eigenvalue weighted by atomic mass is 16.7. The summed E-state index contributed by atoms with van der Waals surface area (Å²) in [6, 6.07) is 0. The molecule has 0 aromatic rings. The third-order valence-corrected chi connectivity index (χ3v) is 12.0. The Hall–Kier alpha value is -3.27. The van der Waals surface area contributed by atoms with E-state index in [2.05, 4.69) is 86.8 Å². The van der Waals surface area contributed by atoms with Gasteiger partial charge in [0.15, 0.2) is 12.4 Å². The molecular formula is C60H105NO8. The fraction of sp³-hybridized carbons (Fsp3) is 0.750. The molecule has 2 atom stereocenters. The van der Waals surface area contributed by atoms with E-state index in [0.717, 1.165) is 70.6 Å². The van der Waals surface area contributed by atoms with Gasteiger partial charge in [-0.2, -0.15) is 0 Å². The maximum absolute atomic E-state index is 12.8. The van der Waals surface area contributed by atoms with E-state index in [1.54, 1.807) is 0 Å². The second kappa shape index (κ2) is 51.1. The molecule has 0 saturated carbocycles. The summed E-state index contributed by atoms with van der Waals surface area (Å²) in [4.78, 5) is 37.0. The standard InChI is InChI=1S/C60H105NO8/c1-6-8-10-12-14-16-17-18-19-20-21-22-23-24-25-26-27-28-29-30-31-32-33-34-35-36-37-38-39-40-41-43-45-47-49-51-58(63)69-56(55-68-60(59(64)65)66-53-52-61(3,4)5)54-67-57(62)50-48-46-44-42-15-13-11-9-7-2/h8,10,14,16,18-19,21-22,24-25,27-28,56,60H,6-7,9,11-13,15,17,20,23,26,29-55H2,1-5H3/b10-8-,16-14-,19-18-,22-21-,25-24-,28-27-. The molecule has 0 aliphatic carbocycles. The minimum atomic E-state index is -1.62. The summed E-state index contributed by atoms with van der Waals surface area (Å²) >= 11 is 0. The van der Waals surface area contributed by atoms with Gasteiger partial charge in [-0.05, 0) is 64.2 Å². The van der Waals surface area contributed by atoms with Gasteiger partial charge in [0.05, 0.1) is 40.3 Å². The number of aliphatic carboxylic acids is 1. The van der Waals surface area contributed by atoms with Gasteiger partial charge >= 0.3 is 11.9 Å². The van der Waals surface area contributed by atoms with E-state index >= 15 is 0 Å². The van der Waals surface area contributed by atoms with Crippen molar-refractivity contribution in [2.45, 2.75) is 245 Å². The van der Waals surface area contributed by atoms with Crippen LogP contribution in [0.15, 0.2) is 72.9 Å². The van der Waals surface area contributed by atoms with Crippen molar-refractivity contribution in [1.82, 2.24) is 0 Å². The van der Waals surface area contributed by atoms with E-state index < -0.39 is 24.3 Å². The molecule has 69 heavy (non-hydrogen) atoms. The van der Waals surface area contributed by atoms with Gasteiger partial charge in [-0.3, -0.25) is 9.59 Å². The summed E-state index contributed by atoms with van der Waals surface area (Å²) in [7, 11) is 5.91. The average molecular weight is 968 g/mol. The van der Waals surface area contributed by atoms with Crippen molar-refractivity contribution in [2.24, 2.45) is 0 Å². The number of hydrogen-bond acceptors (Lipinski definition) is 8. The predicted molar refractivity (Wildman–Crippen MR) is 288 cm³/mol. The first-order valence-electron chi connectivity index (χ1n) is 28.1. The Kier molecular flexibility index (Phi) is 48.7. The van der Waals surface area contributed by atoms with Crippen LogP contribution in [-0.2, 0) is 33.3 Å². The van der Waals surface area contributed by atoms with Gasteiger partial charge in [-0.1, -0.05) is 228 Å². The largest absolute Gasteiger partial charge is 0.545 e. The zero-order chi connectivity index (χ0) is 50.6. The third-order valence-electron chi connectivity index (χ3n) is 12.0. The van der Waals surface area contributed by atoms with Crippen molar-refractivity contribution in [3.05, 3.63) is 72.9 Å². The summed E-state index contributed by atoms with van der Waals surface area (Å²) in [6.45, 7) is 4.61. The molecule has 9 heteroatoms. The van der Waals surface area contributed by atoms with Crippen LogP contribution in [-0.4, -0.2) is 82.3 Å². The lowest BCUT2D eigenvalue weighted by atomic mass is 10.0. The van der Waals surface area contributed by atoms with Crippen molar-refractivity contribution in [3.8, 4) is 0 Å². The van der Waals surface area contributed by atoms with Crippen molar-refractivity contribution in [3.63, 3.8) is 0 Å². The number of unbranched alkanes of at least 4 members (excludes halogenated alkanes) is 24. The number of esters is 2. The van der Waals surface area contributed by atoms with Crippen LogP contribution < -0.4 is 5.11 Å². The molecule has 0 aliphatic heterocycles. The first-order chi connectivity index (χ1) is 33.6. The van der Waals surface area contributed by atoms with E-state index in [4.69, 9.17) is 18.9 Å². The number of rotatable bonds is 51. The molecule has 9 nitrogen and oxygen atoms in total. The van der Waals surface area contributed by atoms with Gasteiger partial charge < -0.3 is 33.3 Å². The Balaban J connectivity index is 4.02. The Bertz CT molecular complexity index is 1360. The second-order valence-electron chi connectivity index (χ2n) is 19.9. The topological polar surface area (TPSA) is 111 Å². The van der Waals surface area contributed by atoms with Crippen molar-refractivity contribution >= 4 is 17.9 Å². The van der Waals surface area contributed by atoms with E-state index in [0.29, 0.717) is 23.9 Å². The molecule has 398 valence electrons. The molecule has 0 aromatic heterocycles. The summed E-state index contributed by atoms with van der Waals surface area (Å²) in [5, 5.41) is 11.7. The summed E-state index contributed by atoms with van der Waals surface area (Å²) in [5.74, 6) is -2.28. The molecule has 0 fully saturated rings. The first kappa shape index (κ1) is 65.7. The van der Waals surface area contributed by atoms with Crippen LogP contribution >= 0.6 is 0 Å². The monoisotopic (exact) mass is 968 g/mol. The highest BCUT2D eigenvalue weighted by Crippen LogP contribution is 2.16. The highest BCUT2D eigenvalue weighted by molar-refractivity contribution is 5.70. The van der Waals surface area contributed by atoms with Gasteiger partial charge in [-0.25, -0.2) is 0 Å². The smallest absolute Gasteiger partial charge is 0.306 e. The molecule has 0 saturated heterocycles. The highest BCUT2D eigenvalue weighted by Gasteiger charge is 2.22. The number of carbonyl (C=O) groups is 3. The SMILES string of the molecule is CC/C=C\C/C=C\C/C=C\C/C=C\C/C=C\C/C=C\CCCCCCCCCCCCCCCCCCC(=O)OC(COC(=O)CCCCCCCCCCC)COC(OCC[N+](C)(C)C)C(=O)[O-]. The van der Waals surface area contributed by atoms with Crippen molar-refractivity contribution in [2.75, 3.05) is 47.5 Å². The summed E-state index contributed by atoms with van der Waals surface area (Å²) < 4.78 is 22.6. The summed E-state index contributed by atoms with van der Waals surface area (Å²) in [5.41, 5.74) is 0. The maximum atomic E-state index is 12.8. The number of ether oxygens (including phenoxy) is 4. The molecule has 0 heterocycles. The molecule has 0 aliphatic rings. The fourth-order valence-corrected chi connectivity index (χ4v) is 7.66. The Morgan fingerprint density at radius 2 is 0.826 bits per heavy atom. The lowest BCUT2D eigenvalue weighted by molar-refractivity contribution is -0.870. The molecule has 0 rings (SSSR count). The van der Waals surface area contributed by atoms with E-state index in [1.165, 1.54) is 128 Å². The zero-order valence-corrected chi connectivity index (χ0v) is 45.2.